The van der Waals surface area contributed by atoms with Crippen molar-refractivity contribution in [2.24, 2.45) is 0 Å². The van der Waals surface area contributed by atoms with E-state index < -0.39 is 0 Å². The molecule has 4 heteroatoms. The molecule has 6 aromatic carbocycles. The highest BCUT2D eigenvalue weighted by molar-refractivity contribution is 6.21. The molecule has 0 amide bonds. The Kier molecular flexibility index (Phi) is 5.23. The molecule has 0 saturated heterocycles. The monoisotopic (exact) mass is 552 g/mol. The van der Waals surface area contributed by atoms with Crippen LogP contribution >= 0.6 is 0 Å². The number of anilines is 3. The van der Waals surface area contributed by atoms with Gasteiger partial charge in [0.1, 0.15) is 6.17 Å². The number of aromatic nitrogens is 2. The van der Waals surface area contributed by atoms with E-state index >= 15 is 0 Å². The van der Waals surface area contributed by atoms with Crippen LogP contribution < -0.4 is 10.2 Å². The highest BCUT2D eigenvalue weighted by Crippen LogP contribution is 2.46. The quantitative estimate of drug-likeness (QED) is 0.235. The Bertz CT molecular complexity index is 2260. The Morgan fingerprint density at radius 1 is 0.465 bits per heavy atom. The summed E-state index contributed by atoms with van der Waals surface area (Å²) in [5.41, 5.74) is 10.7. The minimum absolute atomic E-state index is 0.00405. The Morgan fingerprint density at radius 2 is 1.12 bits per heavy atom. The van der Waals surface area contributed by atoms with Crippen molar-refractivity contribution in [2.45, 2.75) is 6.17 Å². The number of hydrogen-bond acceptors (Lipinski definition) is 2. The number of fused-ring (bicyclic) bond motifs is 6. The van der Waals surface area contributed by atoms with E-state index in [1.807, 2.05) is 0 Å². The maximum absolute atomic E-state index is 3.77. The zero-order valence-electron chi connectivity index (χ0n) is 23.4. The molecular weight excluding hydrogens is 524 g/mol. The predicted octanol–water partition coefficient (Wildman–Crippen LogP) is 9.99. The van der Waals surface area contributed by atoms with Crippen LogP contribution in [-0.2, 0) is 0 Å². The summed E-state index contributed by atoms with van der Waals surface area (Å²) < 4.78 is 4.68. The standard InChI is InChI=1S/C39H28N4/c1-3-11-28(12-4-1)41-26-25-32-34(41)23-24-37-38(32)31-15-7-9-17-35(31)42(37)30-21-19-27(20-22-30)39-40-33-16-8-10-18-36(33)43(39)29-13-5-2-6-14-29/h1-26,39-40H. The number of para-hydroxylation sites is 5. The van der Waals surface area contributed by atoms with Gasteiger partial charge >= 0.3 is 0 Å². The van der Waals surface area contributed by atoms with E-state index in [2.05, 4.69) is 177 Å². The molecule has 4 nitrogen and oxygen atoms in total. The van der Waals surface area contributed by atoms with Gasteiger partial charge in [0.25, 0.3) is 0 Å². The third-order valence-corrected chi connectivity index (χ3v) is 8.76. The van der Waals surface area contributed by atoms with Gasteiger partial charge < -0.3 is 19.4 Å². The Hall–Kier alpha value is -5.74. The second-order valence-corrected chi connectivity index (χ2v) is 11.1. The molecule has 1 aliphatic heterocycles. The zero-order chi connectivity index (χ0) is 28.3. The summed E-state index contributed by atoms with van der Waals surface area (Å²) >= 11 is 0. The van der Waals surface area contributed by atoms with E-state index in [1.165, 1.54) is 55.3 Å². The minimum atomic E-state index is 0.00405. The van der Waals surface area contributed by atoms with Crippen molar-refractivity contribution in [1.29, 1.82) is 0 Å². The van der Waals surface area contributed by atoms with Crippen LogP contribution in [0.1, 0.15) is 11.7 Å². The summed E-state index contributed by atoms with van der Waals surface area (Å²) in [6, 6.07) is 54.3. The van der Waals surface area contributed by atoms with E-state index in [0.717, 1.165) is 11.4 Å². The van der Waals surface area contributed by atoms with Gasteiger partial charge in [-0.25, -0.2) is 0 Å². The van der Waals surface area contributed by atoms with Gasteiger partial charge in [0.2, 0.25) is 0 Å². The topological polar surface area (TPSA) is 25.1 Å². The molecular formula is C39H28N4. The van der Waals surface area contributed by atoms with Crippen LogP contribution in [0, 0.1) is 0 Å². The lowest BCUT2D eigenvalue weighted by Crippen LogP contribution is -2.23. The van der Waals surface area contributed by atoms with Crippen LogP contribution in [-0.4, -0.2) is 9.13 Å². The maximum atomic E-state index is 3.77. The van der Waals surface area contributed by atoms with Crippen molar-refractivity contribution >= 4 is 49.8 Å². The van der Waals surface area contributed by atoms with E-state index in [0.29, 0.717) is 0 Å². The highest BCUT2D eigenvalue weighted by Gasteiger charge is 2.31. The van der Waals surface area contributed by atoms with Crippen LogP contribution in [0.3, 0.4) is 0 Å². The average Bonchev–Trinajstić information content (AvgIpc) is 3.77. The summed E-state index contributed by atoms with van der Waals surface area (Å²) in [6.07, 6.45) is 2.19. The van der Waals surface area contributed by atoms with Gasteiger partial charge in [-0.1, -0.05) is 78.9 Å². The van der Waals surface area contributed by atoms with Gasteiger partial charge in [-0.05, 0) is 78.4 Å². The number of nitrogens with zero attached hydrogens (tertiary/aromatic N) is 3. The van der Waals surface area contributed by atoms with Crippen molar-refractivity contribution in [3.8, 4) is 11.4 Å². The normalized spacial score (nSPS) is 14.4. The second-order valence-electron chi connectivity index (χ2n) is 11.1. The Balaban J connectivity index is 1.17. The summed E-state index contributed by atoms with van der Waals surface area (Å²) in [5.74, 6) is 0. The first-order chi connectivity index (χ1) is 21.3. The molecule has 0 aliphatic carbocycles. The van der Waals surface area contributed by atoms with Gasteiger partial charge in [-0.2, -0.15) is 0 Å². The smallest absolute Gasteiger partial charge is 0.130 e. The third-order valence-electron chi connectivity index (χ3n) is 8.76. The zero-order valence-corrected chi connectivity index (χ0v) is 23.4. The van der Waals surface area contributed by atoms with Crippen molar-refractivity contribution in [3.05, 3.63) is 163 Å². The average molecular weight is 553 g/mol. The first-order valence-electron chi connectivity index (χ1n) is 14.7. The molecule has 204 valence electrons. The Labute approximate surface area is 249 Å². The highest BCUT2D eigenvalue weighted by atomic mass is 15.3. The number of benzene rings is 6. The summed E-state index contributed by atoms with van der Waals surface area (Å²) in [5, 5.41) is 7.58. The van der Waals surface area contributed by atoms with E-state index in [4.69, 9.17) is 0 Å². The molecule has 1 aliphatic rings. The predicted molar refractivity (Wildman–Crippen MR) is 179 cm³/mol. The van der Waals surface area contributed by atoms with Gasteiger partial charge in [-0.15, -0.1) is 0 Å². The third kappa shape index (κ3) is 3.63. The lowest BCUT2D eigenvalue weighted by atomic mass is 10.1. The van der Waals surface area contributed by atoms with E-state index in [9.17, 15) is 0 Å². The summed E-state index contributed by atoms with van der Waals surface area (Å²) in [6.45, 7) is 0. The minimum Gasteiger partial charge on any atom is -0.359 e. The van der Waals surface area contributed by atoms with Crippen molar-refractivity contribution in [1.82, 2.24) is 9.13 Å². The van der Waals surface area contributed by atoms with Crippen LogP contribution in [0.25, 0.3) is 44.1 Å². The van der Waals surface area contributed by atoms with Crippen molar-refractivity contribution in [2.75, 3.05) is 10.2 Å². The molecule has 1 N–H and O–H groups in total. The number of rotatable bonds is 4. The fourth-order valence-electron chi connectivity index (χ4n) is 6.85. The second kappa shape index (κ2) is 9.40. The maximum Gasteiger partial charge on any atom is 0.130 e. The number of nitrogens with one attached hydrogen (secondary N) is 1. The van der Waals surface area contributed by atoms with Crippen LogP contribution in [0.4, 0.5) is 17.1 Å². The molecule has 1 unspecified atom stereocenters. The fourth-order valence-corrected chi connectivity index (χ4v) is 6.85. The molecule has 2 aromatic heterocycles. The summed E-state index contributed by atoms with van der Waals surface area (Å²) in [7, 11) is 0. The van der Waals surface area contributed by atoms with E-state index in [-0.39, 0.29) is 6.17 Å². The number of hydrogen-bond donors (Lipinski definition) is 1. The van der Waals surface area contributed by atoms with Crippen molar-refractivity contribution in [3.63, 3.8) is 0 Å². The lowest BCUT2D eigenvalue weighted by molar-refractivity contribution is 0.827. The van der Waals surface area contributed by atoms with Crippen LogP contribution in [0.5, 0.6) is 0 Å². The van der Waals surface area contributed by atoms with Crippen molar-refractivity contribution < 1.29 is 0 Å². The molecule has 0 spiro atoms. The lowest BCUT2D eigenvalue weighted by Gasteiger charge is -2.27. The van der Waals surface area contributed by atoms with Crippen LogP contribution in [0.2, 0.25) is 0 Å². The fraction of sp³-hybridized carbons (Fsp3) is 0.0256. The molecule has 3 heterocycles. The van der Waals surface area contributed by atoms with Gasteiger partial charge in [-0.3, -0.25) is 0 Å². The molecule has 8 aromatic rings. The molecule has 1 atom stereocenters. The Morgan fingerprint density at radius 3 is 1.93 bits per heavy atom. The van der Waals surface area contributed by atoms with Gasteiger partial charge in [0, 0.05) is 39.4 Å². The van der Waals surface area contributed by atoms with E-state index in [1.54, 1.807) is 0 Å². The molecule has 9 rings (SSSR count). The first-order valence-corrected chi connectivity index (χ1v) is 14.7. The molecule has 43 heavy (non-hydrogen) atoms. The SMILES string of the molecule is c1ccc(N2c3ccccc3NC2c2ccc(-n3c4ccccc4c4c5ccn(-c6ccccc6)c5ccc43)cc2)cc1. The molecule has 0 bridgehead atoms. The summed E-state index contributed by atoms with van der Waals surface area (Å²) in [4.78, 5) is 2.39. The van der Waals surface area contributed by atoms with Crippen LogP contribution in [0.15, 0.2) is 158 Å². The molecule has 0 radical (unpaired) electrons. The first kappa shape index (κ1) is 23.9. The molecule has 0 saturated carbocycles. The molecule has 0 fully saturated rings. The largest absolute Gasteiger partial charge is 0.359 e. The van der Waals surface area contributed by atoms with Gasteiger partial charge in [0.05, 0.1) is 27.9 Å². The van der Waals surface area contributed by atoms with Gasteiger partial charge in [0.15, 0.2) is 0 Å².